The number of carbonyl (C=O) groups is 1. The Kier molecular flexibility index (Phi) is 3.64. The van der Waals surface area contributed by atoms with Crippen molar-refractivity contribution < 1.29 is 9.90 Å². The van der Waals surface area contributed by atoms with Gasteiger partial charge in [-0.3, -0.25) is 4.79 Å². The monoisotopic (exact) mass is 234 g/mol. The number of hydrogen-bond acceptors (Lipinski definition) is 3. The molecule has 1 aromatic rings. The fourth-order valence-corrected chi connectivity index (χ4v) is 2.21. The van der Waals surface area contributed by atoms with E-state index in [4.69, 9.17) is 0 Å². The number of phenols is 1. The summed E-state index contributed by atoms with van der Waals surface area (Å²) >= 11 is 0. The lowest BCUT2D eigenvalue weighted by Gasteiger charge is -2.24. The van der Waals surface area contributed by atoms with Crippen LogP contribution < -0.4 is 10.2 Å². The molecule has 17 heavy (non-hydrogen) atoms. The van der Waals surface area contributed by atoms with Crippen LogP contribution in [0.15, 0.2) is 24.3 Å². The van der Waals surface area contributed by atoms with Crippen LogP contribution in [0, 0.1) is 0 Å². The van der Waals surface area contributed by atoms with E-state index in [2.05, 4.69) is 5.32 Å². The third kappa shape index (κ3) is 2.58. The van der Waals surface area contributed by atoms with Crippen molar-refractivity contribution >= 4 is 11.6 Å². The van der Waals surface area contributed by atoms with E-state index in [0.717, 1.165) is 25.1 Å². The highest BCUT2D eigenvalue weighted by Crippen LogP contribution is 2.21. The normalized spacial score (nSPS) is 19.2. The molecule has 1 saturated heterocycles. The standard InChI is InChI=1S/C13H18N2O2/c1-2-15(10-5-3-6-11(16)9-10)13(17)12-7-4-8-14-12/h3,5-6,9,12,14,16H,2,4,7-8H2,1H3/t12-/m1/s1. The van der Waals surface area contributed by atoms with E-state index in [-0.39, 0.29) is 17.7 Å². The zero-order valence-electron chi connectivity index (χ0n) is 10.0. The van der Waals surface area contributed by atoms with Crippen molar-refractivity contribution in [2.45, 2.75) is 25.8 Å². The summed E-state index contributed by atoms with van der Waals surface area (Å²) in [4.78, 5) is 14.0. The van der Waals surface area contributed by atoms with E-state index in [1.807, 2.05) is 13.0 Å². The van der Waals surface area contributed by atoms with Gasteiger partial charge in [-0.1, -0.05) is 6.07 Å². The molecular formula is C13H18N2O2. The Balaban J connectivity index is 2.17. The molecule has 1 heterocycles. The van der Waals surface area contributed by atoms with Gasteiger partial charge in [-0.2, -0.15) is 0 Å². The van der Waals surface area contributed by atoms with Gasteiger partial charge < -0.3 is 15.3 Å². The number of rotatable bonds is 3. The molecule has 4 nitrogen and oxygen atoms in total. The van der Waals surface area contributed by atoms with Crippen LogP contribution in [-0.2, 0) is 4.79 Å². The fourth-order valence-electron chi connectivity index (χ4n) is 2.21. The molecule has 1 aromatic carbocycles. The zero-order valence-corrected chi connectivity index (χ0v) is 10.0. The lowest BCUT2D eigenvalue weighted by Crippen LogP contribution is -2.43. The molecule has 2 N–H and O–H groups in total. The van der Waals surface area contributed by atoms with Gasteiger partial charge in [0.05, 0.1) is 6.04 Å². The Morgan fingerprint density at radius 3 is 3.00 bits per heavy atom. The molecule has 0 bridgehead atoms. The quantitative estimate of drug-likeness (QED) is 0.833. The van der Waals surface area contributed by atoms with E-state index < -0.39 is 0 Å². The molecule has 1 amide bonds. The van der Waals surface area contributed by atoms with Crippen molar-refractivity contribution in [1.82, 2.24) is 5.32 Å². The lowest BCUT2D eigenvalue weighted by atomic mass is 10.2. The van der Waals surface area contributed by atoms with Gasteiger partial charge in [-0.15, -0.1) is 0 Å². The summed E-state index contributed by atoms with van der Waals surface area (Å²) in [5, 5.41) is 12.7. The second-order valence-corrected chi connectivity index (χ2v) is 4.25. The van der Waals surface area contributed by atoms with Gasteiger partial charge in [0.15, 0.2) is 0 Å². The molecule has 92 valence electrons. The van der Waals surface area contributed by atoms with Crippen LogP contribution in [0.4, 0.5) is 5.69 Å². The SMILES string of the molecule is CCN(C(=O)[C@H]1CCCN1)c1cccc(O)c1. The van der Waals surface area contributed by atoms with Gasteiger partial charge in [-0.05, 0) is 38.4 Å². The molecule has 0 aromatic heterocycles. The molecule has 2 rings (SSSR count). The van der Waals surface area contributed by atoms with Crippen molar-refractivity contribution in [1.29, 1.82) is 0 Å². The highest BCUT2D eigenvalue weighted by molar-refractivity contribution is 5.97. The van der Waals surface area contributed by atoms with Crippen LogP contribution in [0.1, 0.15) is 19.8 Å². The molecule has 4 heteroatoms. The highest BCUT2D eigenvalue weighted by atomic mass is 16.3. The van der Waals surface area contributed by atoms with Crippen molar-refractivity contribution in [2.75, 3.05) is 18.0 Å². The Labute approximate surface area is 101 Å². The first-order valence-corrected chi connectivity index (χ1v) is 6.06. The highest BCUT2D eigenvalue weighted by Gasteiger charge is 2.26. The molecule has 1 fully saturated rings. The van der Waals surface area contributed by atoms with Crippen LogP contribution >= 0.6 is 0 Å². The minimum atomic E-state index is -0.0719. The van der Waals surface area contributed by atoms with Crippen LogP contribution in [-0.4, -0.2) is 30.1 Å². The van der Waals surface area contributed by atoms with Gasteiger partial charge >= 0.3 is 0 Å². The molecular weight excluding hydrogens is 216 g/mol. The van der Waals surface area contributed by atoms with Crippen LogP contribution in [0.3, 0.4) is 0 Å². The van der Waals surface area contributed by atoms with E-state index >= 15 is 0 Å². The van der Waals surface area contributed by atoms with Gasteiger partial charge in [0.2, 0.25) is 5.91 Å². The van der Waals surface area contributed by atoms with Gasteiger partial charge in [0.1, 0.15) is 5.75 Å². The number of nitrogens with one attached hydrogen (secondary N) is 1. The van der Waals surface area contributed by atoms with Crippen LogP contribution in [0.5, 0.6) is 5.75 Å². The number of amides is 1. The maximum Gasteiger partial charge on any atom is 0.244 e. The summed E-state index contributed by atoms with van der Waals surface area (Å²) in [5.41, 5.74) is 0.756. The average Bonchev–Trinajstić information content (AvgIpc) is 2.83. The van der Waals surface area contributed by atoms with Crippen molar-refractivity contribution in [3.05, 3.63) is 24.3 Å². The minimum Gasteiger partial charge on any atom is -0.508 e. The molecule has 0 radical (unpaired) electrons. The van der Waals surface area contributed by atoms with E-state index in [1.54, 1.807) is 23.1 Å². The summed E-state index contributed by atoms with van der Waals surface area (Å²) in [6.07, 6.45) is 1.95. The number of anilines is 1. The number of aromatic hydroxyl groups is 1. The number of carbonyl (C=O) groups excluding carboxylic acids is 1. The number of likely N-dealkylation sites (N-methyl/N-ethyl adjacent to an activating group) is 1. The third-order valence-corrected chi connectivity index (χ3v) is 3.08. The van der Waals surface area contributed by atoms with E-state index in [0.29, 0.717) is 6.54 Å². The van der Waals surface area contributed by atoms with Crippen LogP contribution in [0.2, 0.25) is 0 Å². The maximum atomic E-state index is 12.3. The molecule has 0 aliphatic carbocycles. The summed E-state index contributed by atoms with van der Waals surface area (Å²) < 4.78 is 0. The first kappa shape index (κ1) is 11.9. The molecule has 0 spiro atoms. The fraction of sp³-hybridized carbons (Fsp3) is 0.462. The molecule has 0 saturated carbocycles. The smallest absolute Gasteiger partial charge is 0.244 e. The number of benzene rings is 1. The number of hydrogen-bond donors (Lipinski definition) is 2. The lowest BCUT2D eigenvalue weighted by molar-refractivity contribution is -0.120. The topological polar surface area (TPSA) is 52.6 Å². The van der Waals surface area contributed by atoms with Crippen molar-refractivity contribution in [3.63, 3.8) is 0 Å². The first-order chi connectivity index (χ1) is 8.22. The van der Waals surface area contributed by atoms with Crippen molar-refractivity contribution in [3.8, 4) is 5.75 Å². The van der Waals surface area contributed by atoms with Crippen LogP contribution in [0.25, 0.3) is 0 Å². The average molecular weight is 234 g/mol. The summed E-state index contributed by atoms with van der Waals surface area (Å²) in [6.45, 7) is 3.46. The second kappa shape index (κ2) is 5.19. The third-order valence-electron chi connectivity index (χ3n) is 3.08. The minimum absolute atomic E-state index is 0.0719. The van der Waals surface area contributed by atoms with Gasteiger partial charge in [0, 0.05) is 18.3 Å². The second-order valence-electron chi connectivity index (χ2n) is 4.25. The number of nitrogens with zero attached hydrogens (tertiary/aromatic N) is 1. The molecule has 1 aliphatic heterocycles. The van der Waals surface area contributed by atoms with E-state index in [1.165, 1.54) is 0 Å². The van der Waals surface area contributed by atoms with Crippen molar-refractivity contribution in [2.24, 2.45) is 0 Å². The Bertz CT molecular complexity index is 400. The van der Waals surface area contributed by atoms with E-state index in [9.17, 15) is 9.90 Å². The molecule has 1 aliphatic rings. The summed E-state index contributed by atoms with van der Waals surface area (Å²) in [6, 6.07) is 6.75. The Hall–Kier alpha value is -1.55. The van der Waals surface area contributed by atoms with Gasteiger partial charge in [0.25, 0.3) is 0 Å². The summed E-state index contributed by atoms with van der Waals surface area (Å²) in [7, 11) is 0. The number of phenolic OH excluding ortho intramolecular Hbond substituents is 1. The zero-order chi connectivity index (χ0) is 12.3. The first-order valence-electron chi connectivity index (χ1n) is 6.06. The predicted molar refractivity (Wildman–Crippen MR) is 67.2 cm³/mol. The largest absolute Gasteiger partial charge is 0.508 e. The predicted octanol–water partition coefficient (Wildman–Crippen LogP) is 1.50. The Morgan fingerprint density at radius 2 is 2.41 bits per heavy atom. The Morgan fingerprint density at radius 1 is 1.59 bits per heavy atom. The van der Waals surface area contributed by atoms with Gasteiger partial charge in [-0.25, -0.2) is 0 Å². The maximum absolute atomic E-state index is 12.3. The molecule has 0 unspecified atom stereocenters. The summed E-state index contributed by atoms with van der Waals surface area (Å²) in [5.74, 6) is 0.281. The molecule has 1 atom stereocenters.